The van der Waals surface area contributed by atoms with E-state index in [9.17, 15) is 9.59 Å². The molecule has 0 radical (unpaired) electrons. The van der Waals surface area contributed by atoms with Crippen molar-refractivity contribution in [3.05, 3.63) is 66.2 Å². The zero-order valence-electron chi connectivity index (χ0n) is 17.3. The average molecular weight is 414 g/mol. The fraction of sp³-hybridized carbons (Fsp3) is 0.200. The first-order valence-corrected chi connectivity index (χ1v) is 10.2. The highest BCUT2D eigenvalue weighted by Crippen LogP contribution is 2.37. The Morgan fingerprint density at radius 2 is 1.84 bits per heavy atom. The van der Waals surface area contributed by atoms with E-state index in [2.05, 4.69) is 5.32 Å². The predicted molar refractivity (Wildman–Crippen MR) is 121 cm³/mol. The summed E-state index contributed by atoms with van der Waals surface area (Å²) in [5.41, 5.74) is 3.91. The lowest BCUT2D eigenvalue weighted by Gasteiger charge is -2.17. The van der Waals surface area contributed by atoms with Gasteiger partial charge >= 0.3 is 0 Å². The van der Waals surface area contributed by atoms with E-state index in [4.69, 9.17) is 9.15 Å². The number of fused-ring (bicyclic) bond motifs is 3. The standard InChI is InChI=1S/C25H22N2O4/c1-15-7-9-17(10-8-15)27-14-16(11-24(27)28)25(29)26-20-13-22-19(12-23(20)30-2)18-5-3-4-6-21(18)31-22/h3-10,12-13,16H,11,14H2,1-2H3,(H,26,29). The molecule has 2 amide bonds. The number of ether oxygens (including phenoxy) is 1. The maximum Gasteiger partial charge on any atom is 0.229 e. The summed E-state index contributed by atoms with van der Waals surface area (Å²) in [6.45, 7) is 2.35. The third-order valence-electron chi connectivity index (χ3n) is 5.80. The summed E-state index contributed by atoms with van der Waals surface area (Å²) in [5.74, 6) is -0.155. The monoisotopic (exact) mass is 414 g/mol. The Kier molecular flexibility index (Phi) is 4.62. The first-order valence-electron chi connectivity index (χ1n) is 10.2. The molecule has 0 bridgehead atoms. The van der Waals surface area contributed by atoms with Crippen LogP contribution >= 0.6 is 0 Å². The number of aryl methyl sites for hydroxylation is 1. The molecule has 1 aliphatic heterocycles. The van der Waals surface area contributed by atoms with Crippen LogP contribution < -0.4 is 15.0 Å². The van der Waals surface area contributed by atoms with E-state index < -0.39 is 5.92 Å². The molecule has 1 saturated heterocycles. The molecule has 1 atom stereocenters. The molecule has 0 spiro atoms. The molecule has 6 heteroatoms. The van der Waals surface area contributed by atoms with E-state index >= 15 is 0 Å². The number of furan rings is 1. The van der Waals surface area contributed by atoms with E-state index in [1.165, 1.54) is 0 Å². The number of rotatable bonds is 4. The van der Waals surface area contributed by atoms with Crippen molar-refractivity contribution in [3.63, 3.8) is 0 Å². The Bertz CT molecular complexity index is 1310. The summed E-state index contributed by atoms with van der Waals surface area (Å²) >= 11 is 0. The minimum absolute atomic E-state index is 0.0521. The summed E-state index contributed by atoms with van der Waals surface area (Å²) in [6, 6.07) is 19.2. The minimum Gasteiger partial charge on any atom is -0.495 e. The predicted octanol–water partition coefficient (Wildman–Crippen LogP) is 4.89. The van der Waals surface area contributed by atoms with Gasteiger partial charge in [-0.05, 0) is 31.2 Å². The van der Waals surface area contributed by atoms with Crippen molar-refractivity contribution < 1.29 is 18.7 Å². The first kappa shape index (κ1) is 19.2. The Balaban J connectivity index is 1.40. The highest BCUT2D eigenvalue weighted by molar-refractivity contribution is 6.09. The van der Waals surface area contributed by atoms with Gasteiger partial charge < -0.3 is 19.4 Å². The van der Waals surface area contributed by atoms with Crippen molar-refractivity contribution in [2.75, 3.05) is 23.9 Å². The smallest absolute Gasteiger partial charge is 0.229 e. The lowest BCUT2D eigenvalue weighted by atomic mass is 10.1. The van der Waals surface area contributed by atoms with E-state index in [1.54, 1.807) is 18.1 Å². The molecule has 31 heavy (non-hydrogen) atoms. The molecule has 1 aliphatic rings. The number of nitrogens with zero attached hydrogens (tertiary/aromatic N) is 1. The Morgan fingerprint density at radius 3 is 2.61 bits per heavy atom. The molecule has 1 N–H and O–H groups in total. The number of carbonyl (C=O) groups excluding carboxylic acids is 2. The molecule has 1 unspecified atom stereocenters. The van der Waals surface area contributed by atoms with E-state index in [0.29, 0.717) is 23.6 Å². The molecule has 4 aromatic rings. The van der Waals surface area contributed by atoms with Crippen LogP contribution in [0.25, 0.3) is 21.9 Å². The summed E-state index contributed by atoms with van der Waals surface area (Å²) in [6.07, 6.45) is 0.176. The van der Waals surface area contributed by atoms with Crippen molar-refractivity contribution in [1.82, 2.24) is 0 Å². The SMILES string of the molecule is COc1cc2c(cc1NC(=O)C1CC(=O)N(c3ccc(C)cc3)C1)oc1ccccc12. The van der Waals surface area contributed by atoms with E-state index in [0.717, 1.165) is 27.6 Å². The van der Waals surface area contributed by atoms with Crippen LogP contribution in [-0.2, 0) is 9.59 Å². The Morgan fingerprint density at radius 1 is 1.06 bits per heavy atom. The molecule has 0 saturated carbocycles. The summed E-state index contributed by atoms with van der Waals surface area (Å²) in [7, 11) is 1.57. The van der Waals surface area contributed by atoms with Gasteiger partial charge in [0.05, 0.1) is 18.7 Å². The third kappa shape index (κ3) is 3.40. The van der Waals surface area contributed by atoms with Gasteiger partial charge in [0.2, 0.25) is 11.8 Å². The number of hydrogen-bond acceptors (Lipinski definition) is 4. The number of para-hydroxylation sites is 1. The number of nitrogens with one attached hydrogen (secondary N) is 1. The van der Waals surface area contributed by atoms with Crippen LogP contribution in [0.4, 0.5) is 11.4 Å². The fourth-order valence-electron chi connectivity index (χ4n) is 4.11. The van der Waals surface area contributed by atoms with Gasteiger partial charge in [-0.1, -0.05) is 35.9 Å². The zero-order chi connectivity index (χ0) is 21.5. The van der Waals surface area contributed by atoms with Gasteiger partial charge in [-0.15, -0.1) is 0 Å². The summed E-state index contributed by atoms with van der Waals surface area (Å²) in [4.78, 5) is 27.2. The molecule has 6 nitrogen and oxygen atoms in total. The fourth-order valence-corrected chi connectivity index (χ4v) is 4.11. The molecular weight excluding hydrogens is 392 g/mol. The number of methoxy groups -OCH3 is 1. The summed E-state index contributed by atoms with van der Waals surface area (Å²) in [5, 5.41) is 4.85. The lowest BCUT2D eigenvalue weighted by molar-refractivity contribution is -0.122. The zero-order valence-corrected chi connectivity index (χ0v) is 17.3. The Hall–Kier alpha value is -3.80. The van der Waals surface area contributed by atoms with Crippen LogP contribution in [0, 0.1) is 12.8 Å². The maximum absolute atomic E-state index is 13.0. The maximum atomic E-state index is 13.0. The van der Waals surface area contributed by atoms with Crippen molar-refractivity contribution in [1.29, 1.82) is 0 Å². The van der Waals surface area contributed by atoms with Crippen LogP contribution in [0.15, 0.2) is 65.1 Å². The van der Waals surface area contributed by atoms with Gasteiger partial charge in [-0.2, -0.15) is 0 Å². The second-order valence-electron chi connectivity index (χ2n) is 7.88. The molecular formula is C25H22N2O4. The highest BCUT2D eigenvalue weighted by Gasteiger charge is 2.35. The number of amides is 2. The van der Waals surface area contributed by atoms with Crippen LogP contribution in [0.3, 0.4) is 0 Å². The second kappa shape index (κ2) is 7.47. The van der Waals surface area contributed by atoms with Gasteiger partial charge in [0.1, 0.15) is 16.9 Å². The first-order chi connectivity index (χ1) is 15.0. The van der Waals surface area contributed by atoms with Gasteiger partial charge in [0.25, 0.3) is 0 Å². The van der Waals surface area contributed by atoms with Gasteiger partial charge in [-0.25, -0.2) is 0 Å². The van der Waals surface area contributed by atoms with Crippen molar-refractivity contribution in [3.8, 4) is 5.75 Å². The van der Waals surface area contributed by atoms with Crippen LogP contribution in [0.2, 0.25) is 0 Å². The van der Waals surface area contributed by atoms with E-state index in [-0.39, 0.29) is 18.2 Å². The van der Waals surface area contributed by atoms with Gasteiger partial charge in [-0.3, -0.25) is 9.59 Å². The molecule has 1 fully saturated rings. The third-order valence-corrected chi connectivity index (χ3v) is 5.80. The van der Waals surface area contributed by atoms with Gasteiger partial charge in [0.15, 0.2) is 0 Å². The second-order valence-corrected chi connectivity index (χ2v) is 7.88. The number of anilines is 2. The molecule has 5 rings (SSSR count). The van der Waals surface area contributed by atoms with Crippen molar-refractivity contribution >= 4 is 45.1 Å². The van der Waals surface area contributed by atoms with Crippen LogP contribution in [0.1, 0.15) is 12.0 Å². The largest absolute Gasteiger partial charge is 0.495 e. The molecule has 2 heterocycles. The highest BCUT2D eigenvalue weighted by atomic mass is 16.5. The molecule has 0 aliphatic carbocycles. The molecule has 156 valence electrons. The van der Waals surface area contributed by atoms with Crippen molar-refractivity contribution in [2.45, 2.75) is 13.3 Å². The quantitative estimate of drug-likeness (QED) is 0.516. The molecule has 1 aromatic heterocycles. The van der Waals surface area contributed by atoms with E-state index in [1.807, 2.05) is 61.5 Å². The van der Waals surface area contributed by atoms with Crippen molar-refractivity contribution in [2.24, 2.45) is 5.92 Å². The van der Waals surface area contributed by atoms with Gasteiger partial charge in [0, 0.05) is 35.5 Å². The average Bonchev–Trinajstić information content (AvgIpc) is 3.34. The number of benzene rings is 3. The summed E-state index contributed by atoms with van der Waals surface area (Å²) < 4.78 is 11.5. The normalized spacial score (nSPS) is 16.3. The van der Waals surface area contributed by atoms with Crippen LogP contribution in [-0.4, -0.2) is 25.5 Å². The number of carbonyl (C=O) groups is 2. The molecule has 3 aromatic carbocycles. The van der Waals surface area contributed by atoms with Crippen LogP contribution in [0.5, 0.6) is 5.75 Å². The minimum atomic E-state index is -0.440. The Labute approximate surface area is 179 Å². The topological polar surface area (TPSA) is 71.8 Å². The lowest BCUT2D eigenvalue weighted by Crippen LogP contribution is -2.28. The number of hydrogen-bond donors (Lipinski definition) is 1.